The van der Waals surface area contributed by atoms with Crippen molar-refractivity contribution in [1.29, 1.82) is 0 Å². The highest BCUT2D eigenvalue weighted by Gasteiger charge is 2.08. The number of hydrogen-bond donors (Lipinski definition) is 1. The fourth-order valence-electron chi connectivity index (χ4n) is 2.21. The lowest BCUT2D eigenvalue weighted by atomic mass is 10.1. The molecule has 0 fully saturated rings. The van der Waals surface area contributed by atoms with Gasteiger partial charge in [-0.3, -0.25) is 15.5 Å². The third-order valence-corrected chi connectivity index (χ3v) is 3.73. The highest BCUT2D eigenvalue weighted by molar-refractivity contribution is 5.91. The third kappa shape index (κ3) is 4.98. The first-order valence-electron chi connectivity index (χ1n) is 8.30. The summed E-state index contributed by atoms with van der Waals surface area (Å²) in [4.78, 5) is 26.0. The van der Waals surface area contributed by atoms with E-state index in [4.69, 9.17) is 4.74 Å². The lowest BCUT2D eigenvalue weighted by Crippen LogP contribution is -2.08. The number of nitro groups is 1. The van der Waals surface area contributed by atoms with Crippen LogP contribution in [0.25, 0.3) is 0 Å². The SMILES string of the molecule is Cc1ccc(C(=O)Oc2ccc(/C=N\Nc3ccc([N+](=O)[O-])cn3)cc2)cc1. The number of hydrogen-bond acceptors (Lipinski definition) is 7. The fourth-order valence-corrected chi connectivity index (χ4v) is 2.21. The van der Waals surface area contributed by atoms with E-state index in [1.165, 1.54) is 12.1 Å². The van der Waals surface area contributed by atoms with Crippen LogP contribution in [0.15, 0.2) is 72.0 Å². The first-order valence-corrected chi connectivity index (χ1v) is 8.30. The van der Waals surface area contributed by atoms with E-state index < -0.39 is 10.9 Å². The van der Waals surface area contributed by atoms with Crippen molar-refractivity contribution in [3.8, 4) is 5.75 Å². The topological polar surface area (TPSA) is 107 Å². The summed E-state index contributed by atoms with van der Waals surface area (Å²) in [5.74, 6) is 0.380. The van der Waals surface area contributed by atoms with Gasteiger partial charge in [0.15, 0.2) is 0 Å². The average Bonchev–Trinajstić information content (AvgIpc) is 2.70. The quantitative estimate of drug-likeness (QED) is 0.229. The molecule has 3 aromatic rings. The number of ether oxygens (including phenoxy) is 1. The lowest BCUT2D eigenvalue weighted by Gasteiger charge is -2.05. The van der Waals surface area contributed by atoms with E-state index in [2.05, 4.69) is 15.5 Å². The van der Waals surface area contributed by atoms with Gasteiger partial charge in [-0.1, -0.05) is 17.7 Å². The van der Waals surface area contributed by atoms with Gasteiger partial charge in [0, 0.05) is 6.07 Å². The predicted octanol–water partition coefficient (Wildman–Crippen LogP) is 3.96. The van der Waals surface area contributed by atoms with E-state index in [0.717, 1.165) is 17.3 Å². The minimum atomic E-state index is -0.521. The number of benzene rings is 2. The van der Waals surface area contributed by atoms with Crippen LogP contribution in [0.5, 0.6) is 5.75 Å². The standard InChI is InChI=1S/C20H16N4O4/c1-14-2-6-16(7-3-14)20(25)28-18-9-4-15(5-10-18)12-22-23-19-11-8-17(13-21-19)24(26)27/h2-13H,1H3,(H,21,23)/b22-12-. The first-order chi connectivity index (χ1) is 13.5. The van der Waals surface area contributed by atoms with E-state index in [0.29, 0.717) is 17.1 Å². The summed E-state index contributed by atoms with van der Waals surface area (Å²) in [7, 11) is 0. The maximum absolute atomic E-state index is 12.1. The smallest absolute Gasteiger partial charge is 0.343 e. The predicted molar refractivity (Wildman–Crippen MR) is 105 cm³/mol. The van der Waals surface area contributed by atoms with Crippen LogP contribution in [-0.4, -0.2) is 22.1 Å². The Bertz CT molecular complexity index is 998. The molecule has 8 heteroatoms. The Balaban J connectivity index is 1.56. The number of rotatable bonds is 6. The van der Waals surface area contributed by atoms with Gasteiger partial charge in [-0.25, -0.2) is 9.78 Å². The van der Waals surface area contributed by atoms with Crippen molar-refractivity contribution < 1.29 is 14.5 Å². The Morgan fingerprint density at radius 3 is 2.43 bits per heavy atom. The first kappa shape index (κ1) is 18.7. The molecule has 3 rings (SSSR count). The van der Waals surface area contributed by atoms with Crippen LogP contribution >= 0.6 is 0 Å². The van der Waals surface area contributed by atoms with Gasteiger partial charge in [0.25, 0.3) is 5.69 Å². The maximum atomic E-state index is 12.1. The largest absolute Gasteiger partial charge is 0.423 e. The monoisotopic (exact) mass is 376 g/mol. The Kier molecular flexibility index (Phi) is 5.71. The van der Waals surface area contributed by atoms with E-state index in [9.17, 15) is 14.9 Å². The highest BCUT2D eigenvalue weighted by Crippen LogP contribution is 2.15. The van der Waals surface area contributed by atoms with E-state index >= 15 is 0 Å². The molecular formula is C20H16N4O4. The van der Waals surface area contributed by atoms with Crippen molar-refractivity contribution in [2.75, 3.05) is 5.43 Å². The van der Waals surface area contributed by atoms with Crippen molar-refractivity contribution in [1.82, 2.24) is 4.98 Å². The zero-order valence-corrected chi connectivity index (χ0v) is 14.9. The molecule has 0 spiro atoms. The number of nitrogens with one attached hydrogen (secondary N) is 1. The van der Waals surface area contributed by atoms with Crippen LogP contribution in [0.2, 0.25) is 0 Å². The lowest BCUT2D eigenvalue weighted by molar-refractivity contribution is -0.385. The van der Waals surface area contributed by atoms with E-state index in [1.807, 2.05) is 19.1 Å². The van der Waals surface area contributed by atoms with Gasteiger partial charge in [-0.15, -0.1) is 0 Å². The molecule has 0 amide bonds. The Hall–Kier alpha value is -4.07. The third-order valence-electron chi connectivity index (χ3n) is 3.73. The Labute approximate surface area is 160 Å². The van der Waals surface area contributed by atoms with Gasteiger partial charge in [0.1, 0.15) is 17.8 Å². The molecule has 0 radical (unpaired) electrons. The highest BCUT2D eigenvalue weighted by atomic mass is 16.6. The number of carbonyl (C=O) groups is 1. The molecule has 0 aliphatic heterocycles. The number of aryl methyl sites for hydroxylation is 1. The van der Waals surface area contributed by atoms with Crippen LogP contribution in [0.4, 0.5) is 11.5 Å². The fraction of sp³-hybridized carbons (Fsp3) is 0.0500. The van der Waals surface area contributed by atoms with Crippen molar-refractivity contribution in [3.05, 3.63) is 93.7 Å². The van der Waals surface area contributed by atoms with Gasteiger partial charge in [0.2, 0.25) is 0 Å². The Morgan fingerprint density at radius 1 is 1.11 bits per heavy atom. The van der Waals surface area contributed by atoms with Crippen LogP contribution in [0.1, 0.15) is 21.5 Å². The number of aromatic nitrogens is 1. The van der Waals surface area contributed by atoms with Crippen LogP contribution in [0, 0.1) is 17.0 Å². The van der Waals surface area contributed by atoms with Gasteiger partial charge in [-0.05, 0) is 55.0 Å². The molecule has 0 unspecified atom stereocenters. The van der Waals surface area contributed by atoms with Crippen LogP contribution in [0.3, 0.4) is 0 Å². The number of pyridine rings is 1. The maximum Gasteiger partial charge on any atom is 0.343 e. The number of esters is 1. The van der Waals surface area contributed by atoms with Crippen molar-refractivity contribution in [2.24, 2.45) is 5.10 Å². The van der Waals surface area contributed by atoms with Crippen LogP contribution in [-0.2, 0) is 0 Å². The molecule has 0 atom stereocenters. The van der Waals surface area contributed by atoms with E-state index in [1.54, 1.807) is 42.6 Å². The summed E-state index contributed by atoms with van der Waals surface area (Å²) in [5.41, 5.74) is 4.91. The van der Waals surface area contributed by atoms with Crippen molar-refractivity contribution in [2.45, 2.75) is 6.92 Å². The zero-order valence-electron chi connectivity index (χ0n) is 14.9. The number of nitrogens with zero attached hydrogens (tertiary/aromatic N) is 3. The minimum absolute atomic E-state index is 0.0923. The van der Waals surface area contributed by atoms with E-state index in [-0.39, 0.29) is 5.69 Å². The van der Waals surface area contributed by atoms with Crippen molar-refractivity contribution >= 4 is 23.7 Å². The molecule has 2 aromatic carbocycles. The van der Waals surface area contributed by atoms with Gasteiger partial charge in [0.05, 0.1) is 16.7 Å². The molecule has 0 saturated carbocycles. The summed E-state index contributed by atoms with van der Waals surface area (Å²) in [6.07, 6.45) is 2.70. The second-order valence-electron chi connectivity index (χ2n) is 5.85. The van der Waals surface area contributed by atoms with Crippen LogP contribution < -0.4 is 10.2 Å². The second-order valence-corrected chi connectivity index (χ2v) is 5.85. The molecule has 140 valence electrons. The molecule has 28 heavy (non-hydrogen) atoms. The van der Waals surface area contributed by atoms with Gasteiger partial charge < -0.3 is 4.74 Å². The summed E-state index contributed by atoms with van der Waals surface area (Å²) < 4.78 is 5.34. The molecule has 1 N–H and O–H groups in total. The molecule has 8 nitrogen and oxygen atoms in total. The Morgan fingerprint density at radius 2 is 1.82 bits per heavy atom. The zero-order chi connectivity index (χ0) is 19.9. The molecule has 0 aliphatic rings. The minimum Gasteiger partial charge on any atom is -0.423 e. The number of anilines is 1. The molecule has 0 saturated heterocycles. The average molecular weight is 376 g/mol. The molecule has 1 heterocycles. The van der Waals surface area contributed by atoms with Gasteiger partial charge >= 0.3 is 5.97 Å². The summed E-state index contributed by atoms with van der Waals surface area (Å²) in [5, 5.41) is 14.6. The molecular weight excluding hydrogens is 360 g/mol. The number of carbonyl (C=O) groups excluding carboxylic acids is 1. The second kappa shape index (κ2) is 8.54. The van der Waals surface area contributed by atoms with Crippen molar-refractivity contribution in [3.63, 3.8) is 0 Å². The molecule has 0 bridgehead atoms. The number of hydrazone groups is 1. The molecule has 1 aromatic heterocycles. The normalized spacial score (nSPS) is 10.6. The summed E-state index contributed by atoms with van der Waals surface area (Å²) in [6.45, 7) is 1.95. The molecule has 0 aliphatic carbocycles. The van der Waals surface area contributed by atoms with Gasteiger partial charge in [-0.2, -0.15) is 5.10 Å². The summed E-state index contributed by atoms with van der Waals surface area (Å²) in [6, 6.07) is 16.7. The summed E-state index contributed by atoms with van der Waals surface area (Å²) >= 11 is 0.